The van der Waals surface area contributed by atoms with Crippen LogP contribution in [-0.2, 0) is 16.5 Å². The highest BCUT2D eigenvalue weighted by molar-refractivity contribution is 5.76. The lowest BCUT2D eigenvalue weighted by Gasteiger charge is -2.32. The molecule has 3 aromatic rings. The summed E-state index contributed by atoms with van der Waals surface area (Å²) in [7, 11) is 4.23. The second-order valence-electron chi connectivity index (χ2n) is 9.57. The molecule has 1 N–H and O–H groups in total. The van der Waals surface area contributed by atoms with E-state index in [4.69, 9.17) is 14.5 Å². The number of nitrogens with zero attached hydrogens (tertiary/aromatic N) is 3. The first-order valence-electron chi connectivity index (χ1n) is 13.3. The number of aromatic nitrogens is 2. The van der Waals surface area contributed by atoms with Crippen molar-refractivity contribution in [2.75, 3.05) is 33.3 Å². The number of hydrogen-bond acceptors (Lipinski definition) is 5. The van der Waals surface area contributed by atoms with Crippen LogP contribution in [0, 0.1) is 11.8 Å². The van der Waals surface area contributed by atoms with E-state index in [-0.39, 0.29) is 18.3 Å². The summed E-state index contributed by atoms with van der Waals surface area (Å²) in [5, 5.41) is 2.74. The Labute approximate surface area is 220 Å². The first-order valence-corrected chi connectivity index (χ1v) is 13.3. The van der Waals surface area contributed by atoms with Crippen LogP contribution in [0.2, 0.25) is 0 Å². The van der Waals surface area contributed by atoms with Crippen LogP contribution in [0.4, 0.5) is 4.79 Å². The Morgan fingerprint density at radius 1 is 1.14 bits per heavy atom. The molecule has 0 radical (unpaired) electrons. The van der Waals surface area contributed by atoms with Crippen LogP contribution in [-0.4, -0.2) is 59.9 Å². The molecule has 2 heterocycles. The van der Waals surface area contributed by atoms with Crippen LogP contribution < -0.4 is 5.32 Å². The summed E-state index contributed by atoms with van der Waals surface area (Å²) < 4.78 is 13.8. The van der Waals surface area contributed by atoms with Crippen molar-refractivity contribution < 1.29 is 14.3 Å². The number of nitrogens with one attached hydrogen (secondary N) is 1. The topological polar surface area (TPSA) is 68.6 Å². The maximum atomic E-state index is 11.3. The number of rotatable bonds is 9. The fourth-order valence-electron chi connectivity index (χ4n) is 4.66. The van der Waals surface area contributed by atoms with E-state index in [9.17, 15) is 4.79 Å². The standard InChI is InChI=1S/C30H38N4O3/c1-4-36-30(35)31-19-10-6-5-7-12-23-13-11-14-24(22-23)28(37-25-17-20-33(2)21-18-25)29-32-26-15-8-9-16-27(26)34(29)3/h8-9,11,13-16,22,25,28H,4-6,10,17-21H2,1-3H3,(H,31,35). The lowest BCUT2D eigenvalue weighted by molar-refractivity contribution is -0.0276. The highest BCUT2D eigenvalue weighted by Gasteiger charge is 2.27. The summed E-state index contributed by atoms with van der Waals surface area (Å²) in [6, 6.07) is 16.6. The molecular weight excluding hydrogens is 464 g/mol. The molecule has 1 aromatic heterocycles. The van der Waals surface area contributed by atoms with Gasteiger partial charge < -0.3 is 24.3 Å². The van der Waals surface area contributed by atoms with Crippen LogP contribution in [0.25, 0.3) is 11.0 Å². The Morgan fingerprint density at radius 2 is 1.95 bits per heavy atom. The molecule has 7 heteroatoms. The van der Waals surface area contributed by atoms with Gasteiger partial charge in [-0.3, -0.25) is 0 Å². The number of fused-ring (bicyclic) bond motifs is 1. The van der Waals surface area contributed by atoms with Crippen molar-refractivity contribution in [3.05, 3.63) is 65.5 Å². The molecule has 7 nitrogen and oxygen atoms in total. The van der Waals surface area contributed by atoms with Gasteiger partial charge in [0.05, 0.1) is 23.7 Å². The quantitative estimate of drug-likeness (QED) is 0.328. The van der Waals surface area contributed by atoms with Crippen molar-refractivity contribution in [2.45, 2.75) is 51.2 Å². The minimum absolute atomic E-state index is 0.193. The van der Waals surface area contributed by atoms with Crippen LogP contribution in [0.15, 0.2) is 48.5 Å². The molecule has 0 spiro atoms. The third kappa shape index (κ3) is 7.34. The minimum Gasteiger partial charge on any atom is -0.450 e. The zero-order valence-corrected chi connectivity index (χ0v) is 22.2. The van der Waals surface area contributed by atoms with Crippen molar-refractivity contribution >= 4 is 17.1 Å². The predicted molar refractivity (Wildman–Crippen MR) is 146 cm³/mol. The van der Waals surface area contributed by atoms with E-state index in [0.29, 0.717) is 13.2 Å². The molecular formula is C30H38N4O3. The van der Waals surface area contributed by atoms with Gasteiger partial charge in [0.2, 0.25) is 0 Å². The average Bonchev–Trinajstić information content (AvgIpc) is 3.24. The zero-order valence-electron chi connectivity index (χ0n) is 22.2. The number of para-hydroxylation sites is 2. The average molecular weight is 503 g/mol. The fourth-order valence-corrected chi connectivity index (χ4v) is 4.66. The number of ether oxygens (including phenoxy) is 2. The van der Waals surface area contributed by atoms with Gasteiger partial charge in [-0.15, -0.1) is 0 Å². The number of likely N-dealkylation sites (tertiary alicyclic amines) is 1. The molecule has 1 unspecified atom stereocenters. The number of hydrogen-bond donors (Lipinski definition) is 1. The van der Waals surface area contributed by atoms with E-state index in [1.165, 1.54) is 0 Å². The van der Waals surface area contributed by atoms with Gasteiger partial charge in [-0.25, -0.2) is 9.78 Å². The Bertz CT molecular complexity index is 1230. The number of aryl methyl sites for hydroxylation is 1. The van der Waals surface area contributed by atoms with Crippen molar-refractivity contribution in [1.29, 1.82) is 0 Å². The highest BCUT2D eigenvalue weighted by atomic mass is 16.5. The Kier molecular flexibility index (Phi) is 9.58. The zero-order chi connectivity index (χ0) is 26.0. The molecule has 4 rings (SSSR count). The second-order valence-corrected chi connectivity index (χ2v) is 9.57. The van der Waals surface area contributed by atoms with Crippen molar-refractivity contribution in [1.82, 2.24) is 19.8 Å². The van der Waals surface area contributed by atoms with Gasteiger partial charge in [-0.2, -0.15) is 0 Å². The lowest BCUT2D eigenvalue weighted by atomic mass is 10.0. The number of carbonyl (C=O) groups is 1. The lowest BCUT2D eigenvalue weighted by Crippen LogP contribution is -2.35. The Morgan fingerprint density at radius 3 is 2.73 bits per heavy atom. The van der Waals surface area contributed by atoms with Gasteiger partial charge in [-0.05, 0) is 69.5 Å². The van der Waals surface area contributed by atoms with Gasteiger partial charge in [0.1, 0.15) is 11.9 Å². The summed E-state index contributed by atoms with van der Waals surface area (Å²) in [6.45, 7) is 4.87. The van der Waals surface area contributed by atoms with E-state index >= 15 is 0 Å². The van der Waals surface area contributed by atoms with E-state index in [2.05, 4.69) is 71.1 Å². The summed E-state index contributed by atoms with van der Waals surface area (Å²) >= 11 is 0. The number of amides is 1. The van der Waals surface area contributed by atoms with E-state index in [1.807, 2.05) is 18.2 Å². The van der Waals surface area contributed by atoms with E-state index in [1.54, 1.807) is 6.92 Å². The van der Waals surface area contributed by atoms with Crippen LogP contribution in [0.5, 0.6) is 0 Å². The van der Waals surface area contributed by atoms with Gasteiger partial charge in [0.15, 0.2) is 0 Å². The summed E-state index contributed by atoms with van der Waals surface area (Å²) in [6.07, 6.45) is 4.16. The predicted octanol–water partition coefficient (Wildman–Crippen LogP) is 5.04. The second kappa shape index (κ2) is 13.3. The molecule has 0 aliphatic carbocycles. The third-order valence-electron chi connectivity index (χ3n) is 6.75. The number of carbonyl (C=O) groups excluding carboxylic acids is 1. The Balaban J connectivity index is 1.47. The van der Waals surface area contributed by atoms with Crippen LogP contribution in [0.1, 0.15) is 62.1 Å². The Hall–Kier alpha value is -3.34. The monoisotopic (exact) mass is 502 g/mol. The molecule has 1 aliphatic heterocycles. The SMILES string of the molecule is CCOC(=O)NCCCCC#Cc1cccc(C(OC2CCN(C)CC2)c2nc3ccccc3n2C)c1. The van der Waals surface area contributed by atoms with Crippen LogP contribution in [0.3, 0.4) is 0 Å². The summed E-state index contributed by atoms with van der Waals surface area (Å²) in [4.78, 5) is 18.7. The number of benzene rings is 2. The molecule has 1 fully saturated rings. The van der Waals surface area contributed by atoms with E-state index < -0.39 is 0 Å². The number of piperidine rings is 1. The van der Waals surface area contributed by atoms with Gasteiger partial charge in [0.25, 0.3) is 0 Å². The van der Waals surface area contributed by atoms with Crippen molar-refractivity contribution in [3.63, 3.8) is 0 Å². The number of unbranched alkanes of at least 4 members (excludes halogenated alkanes) is 2. The number of imidazole rings is 1. The first kappa shape index (κ1) is 26.7. The maximum Gasteiger partial charge on any atom is 0.407 e. The van der Waals surface area contributed by atoms with Crippen molar-refractivity contribution in [2.24, 2.45) is 7.05 Å². The molecule has 196 valence electrons. The maximum absolute atomic E-state index is 11.3. The molecule has 2 aromatic carbocycles. The third-order valence-corrected chi connectivity index (χ3v) is 6.75. The largest absolute Gasteiger partial charge is 0.450 e. The molecule has 1 saturated heterocycles. The number of alkyl carbamates (subject to hydrolysis) is 1. The minimum atomic E-state index is -0.358. The van der Waals surface area contributed by atoms with Gasteiger partial charge in [-0.1, -0.05) is 36.1 Å². The van der Waals surface area contributed by atoms with Gasteiger partial charge in [0, 0.05) is 38.7 Å². The molecule has 1 amide bonds. The summed E-state index contributed by atoms with van der Waals surface area (Å²) in [5.74, 6) is 7.51. The molecule has 37 heavy (non-hydrogen) atoms. The smallest absolute Gasteiger partial charge is 0.407 e. The molecule has 0 saturated carbocycles. The van der Waals surface area contributed by atoms with Crippen molar-refractivity contribution in [3.8, 4) is 11.8 Å². The molecule has 0 bridgehead atoms. The first-order chi connectivity index (χ1) is 18.0. The van der Waals surface area contributed by atoms with Gasteiger partial charge >= 0.3 is 6.09 Å². The van der Waals surface area contributed by atoms with E-state index in [0.717, 1.165) is 73.2 Å². The molecule has 1 atom stereocenters. The molecule has 1 aliphatic rings. The highest BCUT2D eigenvalue weighted by Crippen LogP contribution is 2.31. The van der Waals surface area contributed by atoms with Crippen LogP contribution >= 0.6 is 0 Å². The normalized spacial score (nSPS) is 15.2. The summed E-state index contributed by atoms with van der Waals surface area (Å²) in [5.41, 5.74) is 4.12. The fraction of sp³-hybridized carbons (Fsp3) is 0.467.